The second-order valence-electron chi connectivity index (χ2n) is 4.25. The lowest BCUT2D eigenvalue weighted by Gasteiger charge is -2.14. The summed E-state index contributed by atoms with van der Waals surface area (Å²) in [5, 5.41) is 7.30. The van der Waals surface area contributed by atoms with E-state index in [2.05, 4.69) is 10.3 Å². The van der Waals surface area contributed by atoms with Crippen LogP contribution in [0.15, 0.2) is 5.18 Å². The van der Waals surface area contributed by atoms with Gasteiger partial charge in [-0.05, 0) is 12.1 Å². The molecule has 0 atom stereocenters. The summed E-state index contributed by atoms with van der Waals surface area (Å²) >= 11 is 0. The van der Waals surface area contributed by atoms with Crippen LogP contribution in [0.4, 0.5) is 5.69 Å². The fourth-order valence-electron chi connectivity index (χ4n) is 1.21. The first-order valence-corrected chi connectivity index (χ1v) is 4.25. The zero-order chi connectivity index (χ0) is 10.2. The Morgan fingerprint density at radius 2 is 1.92 bits per heavy atom. The first-order chi connectivity index (χ1) is 5.88. The Hall–Kier alpha value is -1.19. The highest BCUT2D eigenvalue weighted by Gasteiger charge is 2.24. The molecule has 0 saturated heterocycles. The van der Waals surface area contributed by atoms with Crippen molar-refractivity contribution >= 4 is 5.69 Å². The molecule has 1 aromatic rings. The summed E-state index contributed by atoms with van der Waals surface area (Å²) in [4.78, 5) is 10.6. The number of aryl methyl sites for hydroxylation is 1. The number of aromatic nitrogens is 2. The normalized spacial score (nSPS) is 11.8. The topological polar surface area (TPSA) is 47.2 Å². The minimum atomic E-state index is -0.130. The Morgan fingerprint density at radius 3 is 2.23 bits per heavy atom. The summed E-state index contributed by atoms with van der Waals surface area (Å²) in [6.45, 7) is 7.90. The molecule has 13 heavy (non-hydrogen) atoms. The molecule has 0 aliphatic heterocycles. The zero-order valence-electron chi connectivity index (χ0n) is 8.75. The van der Waals surface area contributed by atoms with Crippen molar-refractivity contribution in [1.29, 1.82) is 0 Å². The van der Waals surface area contributed by atoms with E-state index in [1.807, 2.05) is 34.7 Å². The molecular formula is C9H15N3O. The first kappa shape index (κ1) is 9.89. The average Bonchev–Trinajstić information content (AvgIpc) is 2.28. The van der Waals surface area contributed by atoms with Crippen molar-refractivity contribution in [3.05, 3.63) is 16.3 Å². The molecule has 1 rings (SSSR count). The molecule has 0 radical (unpaired) electrons. The SMILES string of the molecule is Cc1c(N=O)c(C(C)(C)C)nn1C. The van der Waals surface area contributed by atoms with Crippen LogP contribution in [0.2, 0.25) is 0 Å². The number of nitrogens with zero attached hydrogens (tertiary/aromatic N) is 3. The molecule has 0 N–H and O–H groups in total. The lowest BCUT2D eigenvalue weighted by molar-refractivity contribution is 0.553. The van der Waals surface area contributed by atoms with Crippen LogP contribution in [0.3, 0.4) is 0 Å². The highest BCUT2D eigenvalue weighted by atomic mass is 16.3. The van der Waals surface area contributed by atoms with Gasteiger partial charge in [-0.1, -0.05) is 20.8 Å². The highest BCUT2D eigenvalue weighted by molar-refractivity contribution is 5.49. The van der Waals surface area contributed by atoms with E-state index in [9.17, 15) is 4.91 Å². The lowest BCUT2D eigenvalue weighted by atomic mass is 9.91. The molecule has 0 fully saturated rings. The van der Waals surface area contributed by atoms with Crippen molar-refractivity contribution in [3.8, 4) is 0 Å². The van der Waals surface area contributed by atoms with Gasteiger partial charge in [-0.25, -0.2) is 0 Å². The van der Waals surface area contributed by atoms with Crippen molar-refractivity contribution in [2.75, 3.05) is 0 Å². The van der Waals surface area contributed by atoms with E-state index in [1.165, 1.54) is 0 Å². The molecule has 0 aromatic carbocycles. The standard InChI is InChI=1S/C9H15N3O/c1-6-7(11-13)8(9(2,3)4)10-12(6)5/h1-5H3. The van der Waals surface area contributed by atoms with Gasteiger partial charge in [-0.2, -0.15) is 5.10 Å². The van der Waals surface area contributed by atoms with Crippen LogP contribution in [0.5, 0.6) is 0 Å². The molecule has 0 aliphatic carbocycles. The van der Waals surface area contributed by atoms with Gasteiger partial charge in [0.25, 0.3) is 0 Å². The van der Waals surface area contributed by atoms with Crippen LogP contribution in [0.1, 0.15) is 32.2 Å². The average molecular weight is 181 g/mol. The number of hydrogen-bond donors (Lipinski definition) is 0. The lowest BCUT2D eigenvalue weighted by Crippen LogP contribution is -2.12. The van der Waals surface area contributed by atoms with Gasteiger partial charge >= 0.3 is 0 Å². The number of nitroso groups, excluding NO2 is 1. The minimum absolute atomic E-state index is 0.130. The highest BCUT2D eigenvalue weighted by Crippen LogP contribution is 2.32. The van der Waals surface area contributed by atoms with Crippen molar-refractivity contribution in [3.63, 3.8) is 0 Å². The maximum atomic E-state index is 10.6. The van der Waals surface area contributed by atoms with E-state index in [0.29, 0.717) is 5.69 Å². The minimum Gasteiger partial charge on any atom is -0.270 e. The second-order valence-corrected chi connectivity index (χ2v) is 4.25. The molecular weight excluding hydrogens is 166 g/mol. The van der Waals surface area contributed by atoms with E-state index in [4.69, 9.17) is 0 Å². The molecule has 0 amide bonds. The molecule has 0 aliphatic rings. The van der Waals surface area contributed by atoms with Gasteiger partial charge in [0.2, 0.25) is 0 Å². The molecule has 1 aromatic heterocycles. The van der Waals surface area contributed by atoms with E-state index in [-0.39, 0.29) is 5.41 Å². The van der Waals surface area contributed by atoms with Crippen LogP contribution in [0, 0.1) is 11.8 Å². The second kappa shape index (κ2) is 2.94. The van der Waals surface area contributed by atoms with E-state index < -0.39 is 0 Å². The molecule has 0 saturated carbocycles. The Bertz CT molecular complexity index is 333. The van der Waals surface area contributed by atoms with Crippen LogP contribution in [0.25, 0.3) is 0 Å². The summed E-state index contributed by atoms with van der Waals surface area (Å²) in [7, 11) is 1.82. The van der Waals surface area contributed by atoms with E-state index >= 15 is 0 Å². The third kappa shape index (κ3) is 1.61. The maximum absolute atomic E-state index is 10.6. The number of hydrogen-bond acceptors (Lipinski definition) is 3. The van der Waals surface area contributed by atoms with Crippen LogP contribution >= 0.6 is 0 Å². The van der Waals surface area contributed by atoms with Crippen LogP contribution < -0.4 is 0 Å². The Morgan fingerprint density at radius 1 is 1.38 bits per heavy atom. The fourth-order valence-corrected chi connectivity index (χ4v) is 1.21. The van der Waals surface area contributed by atoms with Crippen molar-refractivity contribution < 1.29 is 0 Å². The van der Waals surface area contributed by atoms with Gasteiger partial charge < -0.3 is 0 Å². The van der Waals surface area contributed by atoms with Crippen LogP contribution in [-0.4, -0.2) is 9.78 Å². The summed E-state index contributed by atoms with van der Waals surface area (Å²) in [6.07, 6.45) is 0. The quantitative estimate of drug-likeness (QED) is 0.624. The maximum Gasteiger partial charge on any atom is 0.152 e. The number of rotatable bonds is 1. The van der Waals surface area contributed by atoms with Gasteiger partial charge in [0.05, 0.1) is 11.4 Å². The first-order valence-electron chi connectivity index (χ1n) is 4.25. The van der Waals surface area contributed by atoms with Crippen molar-refractivity contribution in [1.82, 2.24) is 9.78 Å². The summed E-state index contributed by atoms with van der Waals surface area (Å²) in [5.41, 5.74) is 1.94. The Balaban J connectivity index is 3.38. The van der Waals surface area contributed by atoms with Gasteiger partial charge in [0, 0.05) is 12.5 Å². The van der Waals surface area contributed by atoms with E-state index in [1.54, 1.807) is 4.68 Å². The summed E-state index contributed by atoms with van der Waals surface area (Å²) < 4.78 is 1.69. The van der Waals surface area contributed by atoms with Gasteiger partial charge in [0.1, 0.15) is 0 Å². The van der Waals surface area contributed by atoms with Crippen molar-refractivity contribution in [2.24, 2.45) is 12.2 Å². The van der Waals surface area contributed by atoms with Gasteiger partial charge in [0.15, 0.2) is 5.69 Å². The molecule has 72 valence electrons. The Kier molecular flexibility index (Phi) is 2.24. The summed E-state index contributed by atoms with van der Waals surface area (Å²) in [5.74, 6) is 0. The van der Waals surface area contributed by atoms with E-state index in [0.717, 1.165) is 11.4 Å². The molecule has 0 spiro atoms. The monoisotopic (exact) mass is 181 g/mol. The predicted molar refractivity (Wildman–Crippen MR) is 52.1 cm³/mol. The Labute approximate surface area is 77.9 Å². The van der Waals surface area contributed by atoms with Gasteiger partial charge in [-0.3, -0.25) is 4.68 Å². The smallest absolute Gasteiger partial charge is 0.152 e. The predicted octanol–water partition coefficient (Wildman–Crippen LogP) is 2.42. The van der Waals surface area contributed by atoms with Crippen molar-refractivity contribution in [2.45, 2.75) is 33.1 Å². The third-order valence-electron chi connectivity index (χ3n) is 2.10. The largest absolute Gasteiger partial charge is 0.270 e. The van der Waals surface area contributed by atoms with Gasteiger partial charge in [-0.15, -0.1) is 4.91 Å². The summed E-state index contributed by atoms with van der Waals surface area (Å²) in [6, 6.07) is 0. The fraction of sp³-hybridized carbons (Fsp3) is 0.667. The third-order valence-corrected chi connectivity index (χ3v) is 2.10. The molecule has 0 bridgehead atoms. The zero-order valence-corrected chi connectivity index (χ0v) is 8.75. The molecule has 1 heterocycles. The molecule has 4 heteroatoms. The molecule has 0 unspecified atom stereocenters. The van der Waals surface area contributed by atoms with Crippen LogP contribution in [-0.2, 0) is 12.5 Å². The molecule has 4 nitrogen and oxygen atoms in total.